The summed E-state index contributed by atoms with van der Waals surface area (Å²) in [7, 11) is 1.38. The lowest BCUT2D eigenvalue weighted by Gasteiger charge is -2.32. The largest absolute Gasteiger partial charge is 0.491 e. The van der Waals surface area contributed by atoms with Crippen molar-refractivity contribution in [2.24, 2.45) is 5.92 Å². The minimum Gasteiger partial charge on any atom is -0.491 e. The second-order valence-electron chi connectivity index (χ2n) is 9.09. The predicted octanol–water partition coefficient (Wildman–Crippen LogP) is 7.34. The minimum atomic E-state index is -0.353. The molecule has 4 aromatic rings. The van der Waals surface area contributed by atoms with E-state index in [1.54, 1.807) is 12.1 Å². The molecule has 3 aromatic carbocycles. The van der Waals surface area contributed by atoms with Crippen LogP contribution in [0.1, 0.15) is 48.5 Å². The number of halogens is 1. The maximum absolute atomic E-state index is 11.8. The van der Waals surface area contributed by atoms with Crippen molar-refractivity contribution in [1.29, 1.82) is 0 Å². The van der Waals surface area contributed by atoms with Crippen molar-refractivity contribution >= 4 is 28.6 Å². The fraction of sp³-hybridized carbons (Fsp3) is 0.310. The summed E-state index contributed by atoms with van der Waals surface area (Å²) in [6.45, 7) is 0.517. The van der Waals surface area contributed by atoms with Gasteiger partial charge in [0.2, 0.25) is 0 Å². The SMILES string of the molecule is COC(=O)c1ccc(OCC(C2CCCCC2)n2c(-c3ccc(Cl)cc3)nc3ccccc32)cc1. The highest BCUT2D eigenvalue weighted by Gasteiger charge is 2.29. The van der Waals surface area contributed by atoms with Crippen LogP contribution in [0.5, 0.6) is 5.75 Å². The van der Waals surface area contributed by atoms with Crippen molar-refractivity contribution in [3.8, 4) is 17.1 Å². The Morgan fingerprint density at radius 3 is 2.43 bits per heavy atom. The first-order chi connectivity index (χ1) is 17.1. The average molecular weight is 489 g/mol. The van der Waals surface area contributed by atoms with Crippen LogP contribution in [-0.4, -0.2) is 29.2 Å². The zero-order valence-corrected chi connectivity index (χ0v) is 20.6. The fourth-order valence-electron chi connectivity index (χ4n) is 5.11. The topological polar surface area (TPSA) is 53.4 Å². The molecule has 5 rings (SSSR count). The summed E-state index contributed by atoms with van der Waals surface area (Å²) in [5, 5.41) is 0.707. The number of rotatable bonds is 7. The first-order valence-electron chi connectivity index (χ1n) is 12.2. The number of methoxy groups -OCH3 is 1. The molecule has 0 bridgehead atoms. The number of nitrogens with zero attached hydrogens (tertiary/aromatic N) is 2. The molecule has 1 unspecified atom stereocenters. The third kappa shape index (κ3) is 5.06. The first kappa shape index (κ1) is 23.4. The van der Waals surface area contributed by atoms with Gasteiger partial charge in [0.15, 0.2) is 0 Å². The highest BCUT2D eigenvalue weighted by molar-refractivity contribution is 6.30. The van der Waals surface area contributed by atoms with Crippen LogP contribution in [0, 0.1) is 5.92 Å². The smallest absolute Gasteiger partial charge is 0.337 e. The van der Waals surface area contributed by atoms with Gasteiger partial charge in [-0.2, -0.15) is 0 Å². The number of benzene rings is 3. The van der Waals surface area contributed by atoms with Gasteiger partial charge in [0.05, 0.1) is 29.7 Å². The van der Waals surface area contributed by atoms with E-state index >= 15 is 0 Å². The maximum atomic E-state index is 11.8. The molecule has 1 atom stereocenters. The van der Waals surface area contributed by atoms with Crippen molar-refractivity contribution in [2.75, 3.05) is 13.7 Å². The Balaban J connectivity index is 1.53. The standard InChI is InChI=1S/C29H29ClN2O3/c1-34-29(33)22-13-17-24(18-14-22)35-19-27(20-7-3-2-4-8-20)32-26-10-6-5-9-25(26)31-28(32)21-11-15-23(30)16-12-21/h5-6,9-18,20,27H,2-4,7-8,19H2,1H3. The number of aromatic nitrogens is 2. The van der Waals surface area contributed by atoms with E-state index in [9.17, 15) is 4.79 Å². The third-order valence-electron chi connectivity index (χ3n) is 6.92. The number of carbonyl (C=O) groups is 1. The van der Waals surface area contributed by atoms with E-state index in [-0.39, 0.29) is 12.0 Å². The Bertz CT molecular complexity index is 1290. The van der Waals surface area contributed by atoms with Crippen molar-refractivity contribution in [3.05, 3.63) is 83.4 Å². The van der Waals surface area contributed by atoms with Gasteiger partial charge in [-0.1, -0.05) is 43.0 Å². The molecular weight excluding hydrogens is 460 g/mol. The summed E-state index contributed by atoms with van der Waals surface area (Å²) in [4.78, 5) is 16.8. The molecule has 1 aromatic heterocycles. The van der Waals surface area contributed by atoms with E-state index in [2.05, 4.69) is 22.8 Å². The summed E-state index contributed by atoms with van der Waals surface area (Å²) < 4.78 is 13.5. The lowest BCUT2D eigenvalue weighted by atomic mass is 9.83. The average Bonchev–Trinajstić information content (AvgIpc) is 3.29. The van der Waals surface area contributed by atoms with E-state index in [1.807, 2.05) is 42.5 Å². The van der Waals surface area contributed by atoms with Crippen LogP contribution in [0.25, 0.3) is 22.4 Å². The van der Waals surface area contributed by atoms with Crippen molar-refractivity contribution < 1.29 is 14.3 Å². The van der Waals surface area contributed by atoms with Crippen LogP contribution in [0.15, 0.2) is 72.8 Å². The summed E-state index contributed by atoms with van der Waals surface area (Å²) >= 11 is 6.18. The van der Waals surface area contributed by atoms with Crippen LogP contribution in [-0.2, 0) is 4.74 Å². The summed E-state index contributed by atoms with van der Waals surface area (Å²) in [6, 6.07) is 23.4. The third-order valence-corrected chi connectivity index (χ3v) is 7.17. The van der Waals surface area contributed by atoms with E-state index in [1.165, 1.54) is 39.2 Å². The summed E-state index contributed by atoms with van der Waals surface area (Å²) in [5.41, 5.74) is 3.63. The Labute approximate surface area is 210 Å². The van der Waals surface area contributed by atoms with Crippen LogP contribution >= 0.6 is 11.6 Å². The summed E-state index contributed by atoms with van der Waals surface area (Å²) in [5.74, 6) is 1.80. The Morgan fingerprint density at radius 2 is 1.71 bits per heavy atom. The zero-order valence-electron chi connectivity index (χ0n) is 19.8. The zero-order chi connectivity index (χ0) is 24.2. The predicted molar refractivity (Wildman–Crippen MR) is 139 cm³/mol. The lowest BCUT2D eigenvalue weighted by Crippen LogP contribution is -2.28. The van der Waals surface area contributed by atoms with Crippen LogP contribution in [0.4, 0.5) is 0 Å². The van der Waals surface area contributed by atoms with Gasteiger partial charge in [0.25, 0.3) is 0 Å². The van der Waals surface area contributed by atoms with Gasteiger partial charge in [-0.05, 0) is 79.4 Å². The molecule has 0 aliphatic heterocycles. The molecule has 180 valence electrons. The van der Waals surface area contributed by atoms with Gasteiger partial charge in [-0.3, -0.25) is 0 Å². The second kappa shape index (κ2) is 10.5. The van der Waals surface area contributed by atoms with E-state index in [4.69, 9.17) is 26.1 Å². The van der Waals surface area contributed by atoms with E-state index in [0.717, 1.165) is 28.2 Å². The number of hydrogen-bond acceptors (Lipinski definition) is 4. The monoisotopic (exact) mass is 488 g/mol. The molecule has 6 heteroatoms. The molecule has 1 saturated carbocycles. The molecule has 0 amide bonds. The van der Waals surface area contributed by atoms with Gasteiger partial charge >= 0.3 is 5.97 Å². The van der Waals surface area contributed by atoms with Gasteiger partial charge in [-0.25, -0.2) is 9.78 Å². The number of carbonyl (C=O) groups excluding carboxylic acids is 1. The highest BCUT2D eigenvalue weighted by atomic mass is 35.5. The number of ether oxygens (including phenoxy) is 2. The molecule has 0 saturated heterocycles. The Kier molecular flexibility index (Phi) is 7.05. The van der Waals surface area contributed by atoms with Crippen LogP contribution in [0.3, 0.4) is 0 Å². The highest BCUT2D eigenvalue weighted by Crippen LogP contribution is 2.38. The lowest BCUT2D eigenvalue weighted by molar-refractivity contribution is 0.0600. The first-order valence-corrected chi connectivity index (χ1v) is 12.6. The van der Waals surface area contributed by atoms with Crippen LogP contribution < -0.4 is 4.74 Å². The molecule has 1 heterocycles. The molecule has 35 heavy (non-hydrogen) atoms. The summed E-state index contributed by atoms with van der Waals surface area (Å²) in [6.07, 6.45) is 6.09. The second-order valence-corrected chi connectivity index (χ2v) is 9.53. The number of para-hydroxylation sites is 2. The molecule has 0 N–H and O–H groups in total. The van der Waals surface area contributed by atoms with Crippen molar-refractivity contribution in [2.45, 2.75) is 38.1 Å². The van der Waals surface area contributed by atoms with Gasteiger partial charge in [0.1, 0.15) is 18.2 Å². The molecule has 0 radical (unpaired) electrons. The van der Waals surface area contributed by atoms with Gasteiger partial charge in [-0.15, -0.1) is 0 Å². The Morgan fingerprint density at radius 1 is 1.00 bits per heavy atom. The molecule has 5 nitrogen and oxygen atoms in total. The maximum Gasteiger partial charge on any atom is 0.337 e. The quantitative estimate of drug-likeness (QED) is 0.255. The molecule has 1 fully saturated rings. The Hall–Kier alpha value is -3.31. The van der Waals surface area contributed by atoms with Crippen molar-refractivity contribution in [1.82, 2.24) is 9.55 Å². The van der Waals surface area contributed by atoms with E-state index in [0.29, 0.717) is 23.1 Å². The molecule has 0 spiro atoms. The fourth-order valence-corrected chi connectivity index (χ4v) is 5.24. The normalized spacial score (nSPS) is 15.1. The number of esters is 1. The number of fused-ring (bicyclic) bond motifs is 1. The number of hydrogen-bond donors (Lipinski definition) is 0. The molecular formula is C29H29ClN2O3. The van der Waals surface area contributed by atoms with Crippen LogP contribution in [0.2, 0.25) is 5.02 Å². The molecule has 1 aliphatic carbocycles. The van der Waals surface area contributed by atoms with E-state index < -0.39 is 0 Å². The van der Waals surface area contributed by atoms with Gasteiger partial charge < -0.3 is 14.0 Å². The minimum absolute atomic E-state index is 0.119. The van der Waals surface area contributed by atoms with Crippen molar-refractivity contribution in [3.63, 3.8) is 0 Å². The number of imidazole rings is 1. The molecule has 1 aliphatic rings. The van der Waals surface area contributed by atoms with Gasteiger partial charge in [0, 0.05) is 10.6 Å².